The standard InChI is InChI=1S/C14H16F2O/c1-2-9-3-4-10(5-9)14(17)11-6-12(15)8-13(16)7-11/h6-10H,2-5H2,1H3. The highest BCUT2D eigenvalue weighted by Gasteiger charge is 2.29. The molecule has 3 heteroatoms. The SMILES string of the molecule is CCC1CCC(C(=O)c2cc(F)cc(F)c2)C1. The number of benzene rings is 1. The molecule has 2 unspecified atom stereocenters. The molecule has 0 spiro atoms. The quantitative estimate of drug-likeness (QED) is 0.728. The van der Waals surface area contributed by atoms with Crippen LogP contribution in [0.1, 0.15) is 43.0 Å². The van der Waals surface area contributed by atoms with Crippen LogP contribution in [0.3, 0.4) is 0 Å². The van der Waals surface area contributed by atoms with Crippen LogP contribution >= 0.6 is 0 Å². The van der Waals surface area contributed by atoms with Crippen molar-refractivity contribution in [1.29, 1.82) is 0 Å². The minimum Gasteiger partial charge on any atom is -0.294 e. The molecule has 0 heterocycles. The van der Waals surface area contributed by atoms with Crippen LogP contribution in [0, 0.1) is 23.5 Å². The van der Waals surface area contributed by atoms with Crippen molar-refractivity contribution in [3.05, 3.63) is 35.4 Å². The normalized spacial score (nSPS) is 23.9. The molecule has 2 atom stereocenters. The highest BCUT2D eigenvalue weighted by atomic mass is 19.1. The van der Waals surface area contributed by atoms with Crippen LogP contribution < -0.4 is 0 Å². The smallest absolute Gasteiger partial charge is 0.166 e. The molecule has 0 saturated heterocycles. The van der Waals surface area contributed by atoms with Crippen molar-refractivity contribution in [1.82, 2.24) is 0 Å². The summed E-state index contributed by atoms with van der Waals surface area (Å²) in [5.41, 5.74) is 0.171. The molecule has 1 nitrogen and oxygen atoms in total. The van der Waals surface area contributed by atoms with Gasteiger partial charge in [0.05, 0.1) is 0 Å². The Morgan fingerprint density at radius 3 is 2.41 bits per heavy atom. The third-order valence-corrected chi connectivity index (χ3v) is 3.64. The number of carbonyl (C=O) groups is 1. The van der Waals surface area contributed by atoms with Gasteiger partial charge in [-0.15, -0.1) is 0 Å². The Morgan fingerprint density at radius 1 is 1.24 bits per heavy atom. The molecular weight excluding hydrogens is 222 g/mol. The Morgan fingerprint density at radius 2 is 1.88 bits per heavy atom. The van der Waals surface area contributed by atoms with Gasteiger partial charge >= 0.3 is 0 Å². The monoisotopic (exact) mass is 238 g/mol. The third kappa shape index (κ3) is 2.71. The van der Waals surface area contributed by atoms with Gasteiger partial charge in [0.2, 0.25) is 0 Å². The molecule has 0 aliphatic heterocycles. The van der Waals surface area contributed by atoms with Crippen LogP contribution in [0.15, 0.2) is 18.2 Å². The molecule has 0 N–H and O–H groups in total. The van der Waals surface area contributed by atoms with Gasteiger partial charge < -0.3 is 0 Å². The fourth-order valence-corrected chi connectivity index (χ4v) is 2.62. The third-order valence-electron chi connectivity index (χ3n) is 3.64. The minimum atomic E-state index is -0.682. The zero-order valence-corrected chi connectivity index (χ0v) is 9.88. The number of hydrogen-bond donors (Lipinski definition) is 0. The fourth-order valence-electron chi connectivity index (χ4n) is 2.62. The zero-order chi connectivity index (χ0) is 12.4. The van der Waals surface area contributed by atoms with E-state index in [1.165, 1.54) is 0 Å². The van der Waals surface area contributed by atoms with Gasteiger partial charge in [-0.25, -0.2) is 8.78 Å². The average molecular weight is 238 g/mol. The summed E-state index contributed by atoms with van der Waals surface area (Å²) in [7, 11) is 0. The first-order valence-electron chi connectivity index (χ1n) is 6.10. The molecule has 1 aromatic carbocycles. The van der Waals surface area contributed by atoms with E-state index in [9.17, 15) is 13.6 Å². The summed E-state index contributed by atoms with van der Waals surface area (Å²) < 4.78 is 26.1. The molecule has 1 fully saturated rings. The lowest BCUT2D eigenvalue weighted by atomic mass is 9.94. The summed E-state index contributed by atoms with van der Waals surface area (Å²) in [4.78, 5) is 12.1. The Labute approximate surface area is 99.8 Å². The maximum absolute atomic E-state index is 13.0. The van der Waals surface area contributed by atoms with Crippen LogP contribution in [-0.4, -0.2) is 5.78 Å². The van der Waals surface area contributed by atoms with E-state index in [2.05, 4.69) is 6.92 Å². The number of ketones is 1. The molecule has 0 bridgehead atoms. The van der Waals surface area contributed by atoms with Crippen LogP contribution in [0.4, 0.5) is 8.78 Å². The fraction of sp³-hybridized carbons (Fsp3) is 0.500. The van der Waals surface area contributed by atoms with Gasteiger partial charge in [-0.2, -0.15) is 0 Å². The molecule has 1 aromatic rings. The predicted octanol–water partition coefficient (Wildman–Crippen LogP) is 3.97. The summed E-state index contributed by atoms with van der Waals surface area (Å²) in [6.45, 7) is 2.11. The second-order valence-electron chi connectivity index (χ2n) is 4.81. The van der Waals surface area contributed by atoms with Crippen molar-refractivity contribution in [3.8, 4) is 0 Å². The molecular formula is C14H16F2O. The maximum atomic E-state index is 13.0. The Bertz CT molecular complexity index is 408. The number of Topliss-reactive ketones (excluding diaryl/α,β-unsaturated/α-hetero) is 1. The van der Waals surface area contributed by atoms with Gasteiger partial charge in [0.15, 0.2) is 5.78 Å². The lowest BCUT2D eigenvalue weighted by molar-refractivity contribution is 0.0919. The molecule has 1 aliphatic carbocycles. The van der Waals surface area contributed by atoms with Crippen LogP contribution in [0.25, 0.3) is 0 Å². The second kappa shape index (κ2) is 4.94. The highest BCUT2D eigenvalue weighted by molar-refractivity contribution is 5.98. The molecule has 1 saturated carbocycles. The summed E-state index contributed by atoms with van der Waals surface area (Å²) in [6.07, 6.45) is 3.81. The second-order valence-corrected chi connectivity index (χ2v) is 4.81. The Balaban J connectivity index is 2.14. The Hall–Kier alpha value is -1.25. The number of hydrogen-bond acceptors (Lipinski definition) is 1. The molecule has 0 amide bonds. The summed E-state index contributed by atoms with van der Waals surface area (Å²) >= 11 is 0. The van der Waals surface area contributed by atoms with E-state index >= 15 is 0 Å². The van der Waals surface area contributed by atoms with Gasteiger partial charge in [-0.3, -0.25) is 4.79 Å². The number of rotatable bonds is 3. The maximum Gasteiger partial charge on any atom is 0.166 e. The van der Waals surface area contributed by atoms with Crippen molar-refractivity contribution in [2.24, 2.45) is 11.8 Å². The summed E-state index contributed by atoms with van der Waals surface area (Å²) in [5.74, 6) is -0.945. The average Bonchev–Trinajstić information content (AvgIpc) is 2.75. The van der Waals surface area contributed by atoms with E-state index in [1.807, 2.05) is 0 Å². The van der Waals surface area contributed by atoms with Crippen LogP contribution in [0.2, 0.25) is 0 Å². The Kier molecular flexibility index (Phi) is 3.55. The van der Waals surface area contributed by atoms with E-state index in [4.69, 9.17) is 0 Å². The van der Waals surface area contributed by atoms with Crippen molar-refractivity contribution < 1.29 is 13.6 Å². The van der Waals surface area contributed by atoms with Crippen molar-refractivity contribution in [2.75, 3.05) is 0 Å². The van der Waals surface area contributed by atoms with Crippen LogP contribution in [0.5, 0.6) is 0 Å². The molecule has 0 radical (unpaired) electrons. The van der Waals surface area contributed by atoms with E-state index in [0.717, 1.165) is 43.9 Å². The number of halogens is 2. The highest BCUT2D eigenvalue weighted by Crippen LogP contribution is 2.35. The van der Waals surface area contributed by atoms with E-state index < -0.39 is 11.6 Å². The zero-order valence-electron chi connectivity index (χ0n) is 9.88. The largest absolute Gasteiger partial charge is 0.294 e. The van der Waals surface area contributed by atoms with E-state index in [-0.39, 0.29) is 17.3 Å². The summed E-state index contributed by atoms with van der Waals surface area (Å²) in [6, 6.07) is 3.05. The lowest BCUT2D eigenvalue weighted by Gasteiger charge is -2.09. The molecule has 92 valence electrons. The molecule has 2 rings (SSSR count). The molecule has 0 aromatic heterocycles. The first-order chi connectivity index (χ1) is 8.10. The minimum absolute atomic E-state index is 0.0545. The van der Waals surface area contributed by atoms with Crippen molar-refractivity contribution >= 4 is 5.78 Å². The first kappa shape index (κ1) is 12.2. The van der Waals surface area contributed by atoms with Crippen molar-refractivity contribution in [3.63, 3.8) is 0 Å². The van der Waals surface area contributed by atoms with E-state index in [1.54, 1.807) is 0 Å². The first-order valence-corrected chi connectivity index (χ1v) is 6.10. The van der Waals surface area contributed by atoms with Gasteiger partial charge in [0, 0.05) is 17.5 Å². The summed E-state index contributed by atoms with van der Waals surface area (Å²) in [5, 5.41) is 0. The van der Waals surface area contributed by atoms with Gasteiger partial charge in [0.1, 0.15) is 11.6 Å². The topological polar surface area (TPSA) is 17.1 Å². The molecule has 17 heavy (non-hydrogen) atoms. The van der Waals surface area contributed by atoms with Gasteiger partial charge in [-0.1, -0.05) is 13.3 Å². The van der Waals surface area contributed by atoms with Gasteiger partial charge in [0.25, 0.3) is 0 Å². The number of carbonyl (C=O) groups excluding carboxylic acids is 1. The molecule has 1 aliphatic rings. The van der Waals surface area contributed by atoms with Gasteiger partial charge in [-0.05, 0) is 37.3 Å². The lowest BCUT2D eigenvalue weighted by Crippen LogP contribution is -2.12. The predicted molar refractivity (Wildman–Crippen MR) is 61.8 cm³/mol. The van der Waals surface area contributed by atoms with E-state index in [0.29, 0.717) is 5.92 Å². The van der Waals surface area contributed by atoms with Crippen LogP contribution in [-0.2, 0) is 0 Å². The van der Waals surface area contributed by atoms with Crippen molar-refractivity contribution in [2.45, 2.75) is 32.6 Å².